The van der Waals surface area contributed by atoms with E-state index < -0.39 is 0 Å². The molecule has 0 spiro atoms. The number of anilines is 1. The fraction of sp³-hybridized carbons (Fsp3) is 0.647. The third-order valence-electron chi connectivity index (χ3n) is 4.29. The van der Waals surface area contributed by atoms with Crippen LogP contribution in [0.15, 0.2) is 18.2 Å². The van der Waals surface area contributed by atoms with Crippen molar-refractivity contribution in [3.05, 3.63) is 29.6 Å². The van der Waals surface area contributed by atoms with E-state index in [1.54, 1.807) is 6.07 Å². The van der Waals surface area contributed by atoms with E-state index in [1.807, 2.05) is 12.1 Å². The van der Waals surface area contributed by atoms with Gasteiger partial charge in [0.2, 0.25) is 0 Å². The number of benzene rings is 1. The van der Waals surface area contributed by atoms with Crippen LogP contribution in [0.4, 0.5) is 10.1 Å². The van der Waals surface area contributed by atoms with Crippen molar-refractivity contribution in [2.75, 3.05) is 31.1 Å². The van der Waals surface area contributed by atoms with Gasteiger partial charge in [-0.1, -0.05) is 13.0 Å². The maximum atomic E-state index is 14.4. The highest BCUT2D eigenvalue weighted by Gasteiger charge is 2.22. The van der Waals surface area contributed by atoms with Crippen LogP contribution >= 0.6 is 0 Å². The predicted octanol–water partition coefficient (Wildman–Crippen LogP) is 3.10. The monoisotopic (exact) mass is 294 g/mol. The van der Waals surface area contributed by atoms with Gasteiger partial charge in [0, 0.05) is 25.7 Å². The van der Waals surface area contributed by atoms with Crippen LogP contribution in [0.25, 0.3) is 0 Å². The molecular formula is C17H27FN2O. The second kappa shape index (κ2) is 7.76. The second-order valence-electron chi connectivity index (χ2n) is 6.02. The zero-order valence-corrected chi connectivity index (χ0v) is 13.1. The first-order chi connectivity index (χ1) is 10.2. The van der Waals surface area contributed by atoms with Gasteiger partial charge in [0.25, 0.3) is 0 Å². The number of rotatable bonds is 6. The SMILES string of the molecule is CCCNC(C)c1ccc(N2CCCC(CO)C2)c(F)c1. The molecule has 4 heteroatoms. The van der Waals surface area contributed by atoms with E-state index in [-0.39, 0.29) is 24.4 Å². The van der Waals surface area contributed by atoms with Crippen molar-refractivity contribution in [1.82, 2.24) is 5.32 Å². The maximum absolute atomic E-state index is 14.4. The quantitative estimate of drug-likeness (QED) is 0.846. The molecule has 0 bridgehead atoms. The Morgan fingerprint density at radius 3 is 2.95 bits per heavy atom. The van der Waals surface area contributed by atoms with E-state index in [2.05, 4.69) is 24.1 Å². The number of hydrogen-bond acceptors (Lipinski definition) is 3. The predicted molar refractivity (Wildman–Crippen MR) is 85.1 cm³/mol. The van der Waals surface area contributed by atoms with Crippen LogP contribution in [-0.2, 0) is 0 Å². The summed E-state index contributed by atoms with van der Waals surface area (Å²) in [5.74, 6) is 0.110. The van der Waals surface area contributed by atoms with Crippen molar-refractivity contribution in [2.24, 2.45) is 5.92 Å². The molecule has 2 atom stereocenters. The summed E-state index contributed by atoms with van der Waals surface area (Å²) in [7, 11) is 0. The molecule has 118 valence electrons. The molecule has 1 aliphatic heterocycles. The fourth-order valence-electron chi connectivity index (χ4n) is 2.96. The van der Waals surface area contributed by atoms with E-state index in [1.165, 1.54) is 0 Å². The Morgan fingerprint density at radius 2 is 2.29 bits per heavy atom. The number of piperidine rings is 1. The average Bonchev–Trinajstić information content (AvgIpc) is 2.52. The average molecular weight is 294 g/mol. The molecule has 21 heavy (non-hydrogen) atoms. The smallest absolute Gasteiger partial charge is 0.146 e. The molecule has 1 heterocycles. The molecule has 0 amide bonds. The highest BCUT2D eigenvalue weighted by Crippen LogP contribution is 2.27. The summed E-state index contributed by atoms with van der Waals surface area (Å²) in [5.41, 5.74) is 1.65. The first-order valence-corrected chi connectivity index (χ1v) is 8.04. The topological polar surface area (TPSA) is 35.5 Å². The Labute approximate surface area is 127 Å². The first-order valence-electron chi connectivity index (χ1n) is 8.04. The van der Waals surface area contributed by atoms with Gasteiger partial charge in [-0.25, -0.2) is 4.39 Å². The van der Waals surface area contributed by atoms with E-state index in [9.17, 15) is 9.50 Å². The standard InChI is InChI=1S/C17H27FN2O/c1-3-8-19-13(2)15-6-7-17(16(18)10-15)20-9-4-5-14(11-20)12-21/h6-7,10,13-14,19,21H,3-5,8-9,11-12H2,1-2H3. The lowest BCUT2D eigenvalue weighted by Gasteiger charge is -2.34. The minimum atomic E-state index is -0.156. The molecule has 2 rings (SSSR count). The Morgan fingerprint density at radius 1 is 1.48 bits per heavy atom. The van der Waals surface area contributed by atoms with Crippen molar-refractivity contribution in [2.45, 2.75) is 39.2 Å². The highest BCUT2D eigenvalue weighted by atomic mass is 19.1. The summed E-state index contributed by atoms with van der Waals surface area (Å²) in [4.78, 5) is 2.06. The Balaban J connectivity index is 2.08. The van der Waals surface area contributed by atoms with Crippen LogP contribution in [-0.4, -0.2) is 31.3 Å². The van der Waals surface area contributed by atoms with Gasteiger partial charge >= 0.3 is 0 Å². The molecule has 1 aliphatic rings. The molecule has 0 radical (unpaired) electrons. The van der Waals surface area contributed by atoms with Gasteiger partial charge in [-0.3, -0.25) is 0 Å². The van der Waals surface area contributed by atoms with Gasteiger partial charge in [-0.05, 0) is 56.3 Å². The summed E-state index contributed by atoms with van der Waals surface area (Å²) in [6, 6.07) is 5.70. The summed E-state index contributed by atoms with van der Waals surface area (Å²) in [5, 5.41) is 12.7. The van der Waals surface area contributed by atoms with Crippen LogP contribution < -0.4 is 10.2 Å². The molecule has 1 aromatic rings. The molecule has 1 fully saturated rings. The van der Waals surface area contributed by atoms with Crippen LogP contribution in [0, 0.1) is 11.7 Å². The van der Waals surface area contributed by atoms with Crippen molar-refractivity contribution in [3.63, 3.8) is 0 Å². The van der Waals surface area contributed by atoms with Crippen molar-refractivity contribution in [1.29, 1.82) is 0 Å². The van der Waals surface area contributed by atoms with Crippen LogP contribution in [0.3, 0.4) is 0 Å². The van der Waals surface area contributed by atoms with Crippen LogP contribution in [0.2, 0.25) is 0 Å². The number of aliphatic hydroxyl groups is 1. The van der Waals surface area contributed by atoms with E-state index in [0.717, 1.165) is 44.5 Å². The third-order valence-corrected chi connectivity index (χ3v) is 4.29. The van der Waals surface area contributed by atoms with Gasteiger partial charge in [-0.2, -0.15) is 0 Å². The number of nitrogens with zero attached hydrogens (tertiary/aromatic N) is 1. The zero-order valence-electron chi connectivity index (χ0n) is 13.1. The summed E-state index contributed by atoms with van der Waals surface area (Å²) in [6.45, 7) is 6.93. The molecule has 0 aliphatic carbocycles. The number of nitrogens with one attached hydrogen (secondary N) is 1. The van der Waals surface area contributed by atoms with Crippen molar-refractivity contribution < 1.29 is 9.50 Å². The molecule has 1 saturated heterocycles. The minimum absolute atomic E-state index is 0.156. The van der Waals surface area contributed by atoms with Crippen LogP contribution in [0.5, 0.6) is 0 Å². The van der Waals surface area contributed by atoms with Crippen molar-refractivity contribution in [3.8, 4) is 0 Å². The summed E-state index contributed by atoms with van der Waals surface area (Å²) < 4.78 is 14.4. The molecule has 2 unspecified atom stereocenters. The molecule has 2 N–H and O–H groups in total. The van der Waals surface area contributed by atoms with Gasteiger partial charge < -0.3 is 15.3 Å². The molecular weight excluding hydrogens is 267 g/mol. The minimum Gasteiger partial charge on any atom is -0.396 e. The number of hydrogen-bond donors (Lipinski definition) is 2. The zero-order chi connectivity index (χ0) is 15.2. The summed E-state index contributed by atoms with van der Waals surface area (Å²) >= 11 is 0. The normalized spacial score (nSPS) is 20.6. The van der Waals surface area contributed by atoms with Crippen LogP contribution in [0.1, 0.15) is 44.7 Å². The Bertz CT molecular complexity index is 452. The van der Waals surface area contributed by atoms with E-state index >= 15 is 0 Å². The largest absolute Gasteiger partial charge is 0.396 e. The second-order valence-corrected chi connectivity index (χ2v) is 6.02. The van der Waals surface area contributed by atoms with Gasteiger partial charge in [0.1, 0.15) is 5.82 Å². The lowest BCUT2D eigenvalue weighted by molar-refractivity contribution is 0.208. The molecule has 0 saturated carbocycles. The number of halogens is 1. The highest BCUT2D eigenvalue weighted by molar-refractivity contribution is 5.50. The first kappa shape index (κ1) is 16.2. The van der Waals surface area contributed by atoms with Crippen molar-refractivity contribution >= 4 is 5.69 Å². The molecule has 0 aromatic heterocycles. The Hall–Kier alpha value is -1.13. The van der Waals surface area contributed by atoms with E-state index in [4.69, 9.17) is 0 Å². The molecule has 3 nitrogen and oxygen atoms in total. The fourth-order valence-corrected chi connectivity index (χ4v) is 2.96. The van der Waals surface area contributed by atoms with Gasteiger partial charge in [-0.15, -0.1) is 0 Å². The van der Waals surface area contributed by atoms with Gasteiger partial charge in [0.15, 0.2) is 0 Å². The maximum Gasteiger partial charge on any atom is 0.146 e. The van der Waals surface area contributed by atoms with E-state index in [0.29, 0.717) is 5.69 Å². The number of aliphatic hydroxyl groups excluding tert-OH is 1. The van der Waals surface area contributed by atoms with Gasteiger partial charge in [0.05, 0.1) is 5.69 Å². The third kappa shape index (κ3) is 4.17. The molecule has 1 aromatic carbocycles. The lowest BCUT2D eigenvalue weighted by atomic mass is 9.98. The summed E-state index contributed by atoms with van der Waals surface area (Å²) in [6.07, 6.45) is 3.12. The lowest BCUT2D eigenvalue weighted by Crippen LogP contribution is -2.37. The Kier molecular flexibility index (Phi) is 6.00.